The number of rotatable bonds is 4. The minimum Gasteiger partial charge on any atom is -0.388 e. The van der Waals surface area contributed by atoms with Crippen LogP contribution < -0.4 is 16.9 Å². The molecular formula is C4H12N4O. The fourth-order valence-corrected chi connectivity index (χ4v) is 0.257. The lowest BCUT2D eigenvalue weighted by Crippen LogP contribution is -2.24. The molecule has 0 saturated heterocycles. The average molecular weight is 132 g/mol. The maximum absolute atomic E-state index is 8.31. The molecule has 0 unspecified atom stereocenters. The Labute approximate surface area is 53.7 Å². The number of hydrogen-bond acceptors (Lipinski definition) is 4. The Morgan fingerprint density at radius 2 is 2.33 bits per heavy atom. The van der Waals surface area contributed by atoms with Crippen LogP contribution >= 0.6 is 0 Å². The summed E-state index contributed by atoms with van der Waals surface area (Å²) in [5.74, 6) is 0.170. The minimum atomic E-state index is -0.225. The molecule has 0 aromatic rings. The fraction of sp³-hybridized carbons (Fsp3) is 0.750. The third-order valence-corrected chi connectivity index (χ3v) is 0.641. The summed E-state index contributed by atoms with van der Waals surface area (Å²) in [5.41, 5.74) is 12.8. The van der Waals surface area contributed by atoms with Crippen molar-refractivity contribution in [3.63, 3.8) is 0 Å². The van der Waals surface area contributed by atoms with Crippen molar-refractivity contribution in [1.82, 2.24) is 5.43 Å². The molecule has 54 valence electrons. The Bertz CT molecular complexity index is 92.6. The number of aliphatic hydroxyl groups excluding tert-OH is 1. The summed E-state index contributed by atoms with van der Waals surface area (Å²) in [6.07, 6.45) is 0. The lowest BCUT2D eigenvalue weighted by molar-refractivity contribution is 0.355. The van der Waals surface area contributed by atoms with Crippen molar-refractivity contribution in [3.05, 3.63) is 0 Å². The first kappa shape index (κ1) is 8.19. The summed E-state index contributed by atoms with van der Waals surface area (Å²) in [4.78, 5) is 0. The van der Waals surface area contributed by atoms with Gasteiger partial charge in [-0.2, -0.15) is 5.10 Å². The lowest BCUT2D eigenvalue weighted by Gasteiger charge is -1.96. The van der Waals surface area contributed by atoms with E-state index in [2.05, 4.69) is 10.5 Å². The maximum Gasteiger partial charge on any atom is 0.145 e. The van der Waals surface area contributed by atoms with Gasteiger partial charge in [0.25, 0.3) is 0 Å². The molecule has 0 aliphatic carbocycles. The molecule has 6 N–H and O–H groups in total. The fourth-order valence-electron chi connectivity index (χ4n) is 0.257. The monoisotopic (exact) mass is 132 g/mol. The highest BCUT2D eigenvalue weighted by molar-refractivity contribution is 5.80. The second-order valence-corrected chi connectivity index (χ2v) is 1.46. The van der Waals surface area contributed by atoms with Gasteiger partial charge in [0.05, 0.1) is 0 Å². The number of hydrazone groups is 1. The van der Waals surface area contributed by atoms with Crippen molar-refractivity contribution in [3.8, 4) is 0 Å². The summed E-state index contributed by atoms with van der Waals surface area (Å²) in [5, 5.41) is 11.9. The molecule has 0 saturated carbocycles. The van der Waals surface area contributed by atoms with Crippen LogP contribution in [0.1, 0.15) is 0 Å². The second-order valence-electron chi connectivity index (χ2n) is 1.46. The molecule has 0 fully saturated rings. The van der Waals surface area contributed by atoms with Gasteiger partial charge in [-0.15, -0.1) is 0 Å². The largest absolute Gasteiger partial charge is 0.388 e. The number of hydrogen-bond donors (Lipinski definition) is 4. The van der Waals surface area contributed by atoms with Gasteiger partial charge >= 0.3 is 0 Å². The Morgan fingerprint density at radius 3 is 2.78 bits per heavy atom. The van der Waals surface area contributed by atoms with Crippen LogP contribution in [0.15, 0.2) is 5.10 Å². The molecule has 0 rings (SSSR count). The van der Waals surface area contributed by atoms with E-state index in [1.54, 1.807) is 0 Å². The van der Waals surface area contributed by atoms with Gasteiger partial charge in [-0.3, -0.25) is 0 Å². The zero-order chi connectivity index (χ0) is 7.11. The summed E-state index contributed by atoms with van der Waals surface area (Å²) < 4.78 is 0. The van der Waals surface area contributed by atoms with Crippen molar-refractivity contribution in [1.29, 1.82) is 0 Å². The van der Waals surface area contributed by atoms with Crippen LogP contribution in [0.25, 0.3) is 0 Å². The number of aliphatic hydroxyl groups is 1. The molecule has 0 bridgehead atoms. The molecule has 0 amide bonds. The van der Waals surface area contributed by atoms with Gasteiger partial charge in [0.15, 0.2) is 0 Å². The molecule has 9 heavy (non-hydrogen) atoms. The van der Waals surface area contributed by atoms with E-state index in [1.807, 2.05) is 0 Å². The van der Waals surface area contributed by atoms with E-state index in [9.17, 15) is 0 Å². The molecule has 0 aliphatic rings. The Kier molecular flexibility index (Phi) is 4.85. The van der Waals surface area contributed by atoms with E-state index in [4.69, 9.17) is 16.6 Å². The molecule has 5 nitrogen and oxygen atoms in total. The second kappa shape index (κ2) is 5.33. The standard InChI is InChI=1S/C4H12N4O/c5-1-2-7-8-4(6)3-9/h7,9H,1-3,5H2,(H2,6,8). The topological polar surface area (TPSA) is 96.7 Å². The van der Waals surface area contributed by atoms with Gasteiger partial charge in [-0.1, -0.05) is 0 Å². The molecule has 0 radical (unpaired) electrons. The normalized spacial score (nSPS) is 11.6. The van der Waals surface area contributed by atoms with Crippen molar-refractivity contribution in [2.24, 2.45) is 16.6 Å². The first-order valence-corrected chi connectivity index (χ1v) is 2.67. The lowest BCUT2D eigenvalue weighted by atomic mass is 10.6. The number of nitrogens with one attached hydrogen (secondary N) is 1. The van der Waals surface area contributed by atoms with Crippen LogP contribution in [-0.2, 0) is 0 Å². The number of amidine groups is 1. The molecule has 5 heteroatoms. The predicted octanol–water partition coefficient (Wildman–Crippen LogP) is -2.20. The Balaban J connectivity index is 3.21. The first-order chi connectivity index (χ1) is 4.31. The van der Waals surface area contributed by atoms with Gasteiger partial charge in [-0.25, -0.2) is 0 Å². The quantitative estimate of drug-likeness (QED) is 0.151. The van der Waals surface area contributed by atoms with Crippen LogP contribution in [0.3, 0.4) is 0 Å². The Hall–Kier alpha value is -0.810. The smallest absolute Gasteiger partial charge is 0.145 e. The summed E-state index contributed by atoms with van der Waals surface area (Å²) >= 11 is 0. The average Bonchev–Trinajstić information content (AvgIpc) is 1.89. The summed E-state index contributed by atoms with van der Waals surface area (Å²) in [7, 11) is 0. The molecule has 0 aromatic carbocycles. The molecule has 0 aliphatic heterocycles. The Morgan fingerprint density at radius 1 is 1.67 bits per heavy atom. The van der Waals surface area contributed by atoms with Gasteiger partial charge in [0.1, 0.15) is 12.4 Å². The van der Waals surface area contributed by atoms with Crippen LogP contribution in [0.2, 0.25) is 0 Å². The van der Waals surface area contributed by atoms with E-state index in [0.29, 0.717) is 13.1 Å². The van der Waals surface area contributed by atoms with Crippen LogP contribution in [0.4, 0.5) is 0 Å². The summed E-state index contributed by atoms with van der Waals surface area (Å²) in [6, 6.07) is 0. The van der Waals surface area contributed by atoms with Gasteiger partial charge in [0.2, 0.25) is 0 Å². The molecule has 0 atom stereocenters. The third-order valence-electron chi connectivity index (χ3n) is 0.641. The van der Waals surface area contributed by atoms with E-state index >= 15 is 0 Å². The van der Waals surface area contributed by atoms with Crippen molar-refractivity contribution in [2.45, 2.75) is 0 Å². The highest BCUT2D eigenvalue weighted by atomic mass is 16.3. The van der Waals surface area contributed by atoms with Gasteiger partial charge < -0.3 is 22.0 Å². The van der Waals surface area contributed by atoms with Crippen LogP contribution in [0, 0.1) is 0 Å². The van der Waals surface area contributed by atoms with Crippen molar-refractivity contribution in [2.75, 3.05) is 19.7 Å². The zero-order valence-corrected chi connectivity index (χ0v) is 5.17. The predicted molar refractivity (Wildman–Crippen MR) is 35.8 cm³/mol. The van der Waals surface area contributed by atoms with Gasteiger partial charge in [0, 0.05) is 13.1 Å². The molecule has 0 aromatic heterocycles. The minimum absolute atomic E-state index is 0.170. The number of nitrogens with zero attached hydrogens (tertiary/aromatic N) is 1. The highest BCUT2D eigenvalue weighted by Crippen LogP contribution is 1.60. The van der Waals surface area contributed by atoms with E-state index in [1.165, 1.54) is 0 Å². The molecule has 0 heterocycles. The van der Waals surface area contributed by atoms with E-state index in [-0.39, 0.29) is 12.4 Å². The van der Waals surface area contributed by atoms with E-state index in [0.717, 1.165) is 0 Å². The first-order valence-electron chi connectivity index (χ1n) is 2.67. The van der Waals surface area contributed by atoms with Crippen molar-refractivity contribution >= 4 is 5.84 Å². The van der Waals surface area contributed by atoms with Crippen LogP contribution in [0.5, 0.6) is 0 Å². The van der Waals surface area contributed by atoms with Gasteiger partial charge in [-0.05, 0) is 0 Å². The third kappa shape index (κ3) is 5.05. The van der Waals surface area contributed by atoms with E-state index < -0.39 is 0 Å². The highest BCUT2D eigenvalue weighted by Gasteiger charge is 1.83. The SMILES string of the molecule is NCCNN=C(N)CO. The molecular weight excluding hydrogens is 120 g/mol. The van der Waals surface area contributed by atoms with Crippen LogP contribution in [-0.4, -0.2) is 30.6 Å². The zero-order valence-electron chi connectivity index (χ0n) is 5.17. The maximum atomic E-state index is 8.31. The number of nitrogens with two attached hydrogens (primary N) is 2. The molecule has 0 spiro atoms. The summed E-state index contributed by atoms with van der Waals surface area (Å²) in [6.45, 7) is 0.848. The van der Waals surface area contributed by atoms with Crippen molar-refractivity contribution < 1.29 is 5.11 Å².